The predicted octanol–water partition coefficient (Wildman–Crippen LogP) is 3.80. The summed E-state index contributed by atoms with van der Waals surface area (Å²) in [6.07, 6.45) is 0. The van der Waals surface area contributed by atoms with Crippen molar-refractivity contribution in [3.8, 4) is 5.69 Å². The van der Waals surface area contributed by atoms with E-state index in [9.17, 15) is 0 Å². The maximum Gasteiger partial charge on any atom is 0.115 e. The second kappa shape index (κ2) is 7.74. The molecule has 0 aliphatic rings. The zero-order valence-corrected chi connectivity index (χ0v) is 16.0. The first-order chi connectivity index (χ1) is 12.5. The third-order valence-corrected chi connectivity index (χ3v) is 4.58. The first kappa shape index (κ1) is 18.2. The van der Waals surface area contributed by atoms with E-state index in [1.165, 1.54) is 5.69 Å². The Morgan fingerprint density at radius 1 is 1.12 bits per heavy atom. The van der Waals surface area contributed by atoms with Crippen LogP contribution >= 0.6 is 11.6 Å². The van der Waals surface area contributed by atoms with Crippen molar-refractivity contribution in [1.29, 1.82) is 0 Å². The SMILES string of the molecule is CCN(CC)c1ccc(-n2nc3cc(C)c(N=C(N)CCl)cc3n2)cc1. The molecular formula is C19H23ClN6. The van der Waals surface area contributed by atoms with Gasteiger partial charge >= 0.3 is 0 Å². The molecule has 0 aliphatic carbocycles. The number of nitrogens with two attached hydrogens (primary N) is 1. The largest absolute Gasteiger partial charge is 0.386 e. The normalized spacial score (nSPS) is 11.9. The second-order valence-electron chi connectivity index (χ2n) is 6.04. The molecule has 1 heterocycles. The van der Waals surface area contributed by atoms with Crippen LogP contribution in [0.3, 0.4) is 0 Å². The number of nitrogens with zero attached hydrogens (tertiary/aromatic N) is 5. The number of benzene rings is 2. The number of aryl methyl sites for hydroxylation is 1. The molecule has 0 spiro atoms. The molecule has 2 aromatic carbocycles. The number of hydrogen-bond acceptors (Lipinski definition) is 4. The number of fused-ring (bicyclic) bond motifs is 1. The highest BCUT2D eigenvalue weighted by Crippen LogP contribution is 2.25. The van der Waals surface area contributed by atoms with Crippen LogP contribution in [0.1, 0.15) is 19.4 Å². The van der Waals surface area contributed by atoms with E-state index in [1.54, 1.807) is 4.80 Å². The van der Waals surface area contributed by atoms with Crippen molar-refractivity contribution in [2.75, 3.05) is 23.9 Å². The average Bonchev–Trinajstić information content (AvgIpc) is 3.06. The summed E-state index contributed by atoms with van der Waals surface area (Å²) < 4.78 is 0. The van der Waals surface area contributed by atoms with Crippen molar-refractivity contribution in [3.05, 3.63) is 42.0 Å². The van der Waals surface area contributed by atoms with Gasteiger partial charge in [0.05, 0.1) is 17.3 Å². The number of alkyl halides is 1. The Morgan fingerprint density at radius 3 is 2.31 bits per heavy atom. The maximum atomic E-state index is 5.75. The smallest absolute Gasteiger partial charge is 0.115 e. The molecule has 6 nitrogen and oxygen atoms in total. The summed E-state index contributed by atoms with van der Waals surface area (Å²) in [7, 11) is 0. The van der Waals surface area contributed by atoms with Gasteiger partial charge in [0.15, 0.2) is 0 Å². The number of hydrogen-bond donors (Lipinski definition) is 1. The number of halogens is 1. The van der Waals surface area contributed by atoms with Crippen molar-refractivity contribution in [2.24, 2.45) is 10.7 Å². The first-order valence-corrected chi connectivity index (χ1v) is 9.21. The Balaban J connectivity index is 1.96. The first-order valence-electron chi connectivity index (χ1n) is 8.67. The van der Waals surface area contributed by atoms with Gasteiger partial charge in [0.1, 0.15) is 16.9 Å². The zero-order valence-electron chi connectivity index (χ0n) is 15.3. The van der Waals surface area contributed by atoms with Crippen molar-refractivity contribution < 1.29 is 0 Å². The van der Waals surface area contributed by atoms with E-state index >= 15 is 0 Å². The van der Waals surface area contributed by atoms with E-state index in [0.29, 0.717) is 5.84 Å². The number of rotatable bonds is 6. The summed E-state index contributed by atoms with van der Waals surface area (Å²) in [5.41, 5.74) is 11.2. The van der Waals surface area contributed by atoms with Gasteiger partial charge < -0.3 is 10.6 Å². The Labute approximate surface area is 158 Å². The fraction of sp³-hybridized carbons (Fsp3) is 0.316. The molecule has 0 bridgehead atoms. The minimum absolute atomic E-state index is 0.197. The van der Waals surface area contributed by atoms with Crippen molar-refractivity contribution in [3.63, 3.8) is 0 Å². The Morgan fingerprint density at radius 2 is 1.73 bits per heavy atom. The van der Waals surface area contributed by atoms with Gasteiger partial charge in [-0.15, -0.1) is 21.8 Å². The van der Waals surface area contributed by atoms with Gasteiger partial charge in [-0.2, -0.15) is 4.80 Å². The van der Waals surface area contributed by atoms with Gasteiger partial charge in [-0.25, -0.2) is 4.99 Å². The van der Waals surface area contributed by atoms with Crippen LogP contribution in [0.4, 0.5) is 11.4 Å². The average molecular weight is 371 g/mol. The molecule has 0 amide bonds. The van der Waals surface area contributed by atoms with Gasteiger partial charge in [0.25, 0.3) is 0 Å². The second-order valence-corrected chi connectivity index (χ2v) is 6.31. The molecule has 2 N–H and O–H groups in total. The van der Waals surface area contributed by atoms with Crippen LogP contribution in [-0.4, -0.2) is 39.8 Å². The van der Waals surface area contributed by atoms with E-state index in [0.717, 1.165) is 41.1 Å². The summed E-state index contributed by atoms with van der Waals surface area (Å²) in [5.74, 6) is 0.580. The molecule has 136 valence electrons. The van der Waals surface area contributed by atoms with E-state index in [2.05, 4.69) is 46.1 Å². The van der Waals surface area contributed by atoms with Crippen LogP contribution in [0.2, 0.25) is 0 Å². The lowest BCUT2D eigenvalue weighted by atomic mass is 10.2. The van der Waals surface area contributed by atoms with Crippen LogP contribution in [0.15, 0.2) is 41.4 Å². The molecule has 3 aromatic rings. The highest BCUT2D eigenvalue weighted by atomic mass is 35.5. The van der Waals surface area contributed by atoms with Gasteiger partial charge in [-0.3, -0.25) is 0 Å². The summed E-state index contributed by atoms with van der Waals surface area (Å²) >= 11 is 5.72. The minimum atomic E-state index is 0.197. The number of aromatic nitrogens is 3. The van der Waals surface area contributed by atoms with Gasteiger partial charge in [-0.05, 0) is 62.7 Å². The third-order valence-electron chi connectivity index (χ3n) is 4.31. The molecule has 0 saturated carbocycles. The van der Waals surface area contributed by atoms with Crippen LogP contribution in [0.25, 0.3) is 16.7 Å². The van der Waals surface area contributed by atoms with E-state index in [4.69, 9.17) is 17.3 Å². The molecule has 3 rings (SSSR count). The molecule has 1 aromatic heterocycles. The summed E-state index contributed by atoms with van der Waals surface area (Å²) in [6.45, 7) is 8.23. The highest BCUT2D eigenvalue weighted by Gasteiger charge is 2.09. The summed E-state index contributed by atoms with van der Waals surface area (Å²) in [6, 6.07) is 12.1. The Bertz CT molecular complexity index is 925. The number of aliphatic imine (C=N–C) groups is 1. The predicted molar refractivity (Wildman–Crippen MR) is 109 cm³/mol. The van der Waals surface area contributed by atoms with Crippen LogP contribution in [0.5, 0.6) is 0 Å². The fourth-order valence-electron chi connectivity index (χ4n) is 2.86. The molecule has 7 heteroatoms. The molecule has 0 radical (unpaired) electrons. The maximum absolute atomic E-state index is 5.75. The van der Waals surface area contributed by atoms with Gasteiger partial charge in [-0.1, -0.05) is 0 Å². The monoisotopic (exact) mass is 370 g/mol. The quantitative estimate of drug-likeness (QED) is 0.407. The molecule has 0 atom stereocenters. The van der Waals surface area contributed by atoms with Crippen molar-refractivity contribution in [1.82, 2.24) is 15.0 Å². The van der Waals surface area contributed by atoms with Crippen molar-refractivity contribution in [2.45, 2.75) is 20.8 Å². The summed E-state index contributed by atoms with van der Waals surface area (Å²) in [5, 5.41) is 9.17. The summed E-state index contributed by atoms with van der Waals surface area (Å²) in [4.78, 5) is 8.28. The van der Waals surface area contributed by atoms with Gasteiger partial charge in [0.2, 0.25) is 0 Å². The molecular weight excluding hydrogens is 348 g/mol. The topological polar surface area (TPSA) is 72.3 Å². The zero-order chi connectivity index (χ0) is 18.7. The van der Waals surface area contributed by atoms with Crippen molar-refractivity contribution >= 4 is 39.8 Å². The Hall–Kier alpha value is -2.60. The van der Waals surface area contributed by atoms with E-state index < -0.39 is 0 Å². The lowest BCUT2D eigenvalue weighted by molar-refractivity contribution is 0.765. The molecule has 0 unspecified atom stereocenters. The number of anilines is 1. The fourth-order valence-corrected chi connectivity index (χ4v) is 2.92. The van der Waals surface area contributed by atoms with E-state index in [1.807, 2.05) is 31.2 Å². The molecule has 0 saturated heterocycles. The van der Waals surface area contributed by atoms with Crippen LogP contribution < -0.4 is 10.6 Å². The van der Waals surface area contributed by atoms with Crippen LogP contribution in [0, 0.1) is 6.92 Å². The third kappa shape index (κ3) is 3.65. The molecule has 0 aliphatic heterocycles. The molecule has 0 fully saturated rings. The number of amidine groups is 1. The lowest BCUT2D eigenvalue weighted by Crippen LogP contribution is -2.21. The minimum Gasteiger partial charge on any atom is -0.386 e. The molecule has 26 heavy (non-hydrogen) atoms. The lowest BCUT2D eigenvalue weighted by Gasteiger charge is -2.20. The highest BCUT2D eigenvalue weighted by molar-refractivity contribution is 6.28. The van der Waals surface area contributed by atoms with E-state index in [-0.39, 0.29) is 5.88 Å². The standard InChI is InChI=1S/C19H23ClN6/c1-4-25(5-2)14-6-8-15(9-7-14)26-23-17-10-13(3)16(11-18(17)24-26)22-19(21)12-20/h6-11H,4-5,12H2,1-3H3,(H2,21,22). The Kier molecular flexibility index (Phi) is 5.42. The van der Waals surface area contributed by atoms with Gasteiger partial charge in [0, 0.05) is 18.8 Å². The van der Waals surface area contributed by atoms with Crippen LogP contribution in [-0.2, 0) is 0 Å².